The smallest absolute Gasteiger partial charge is 0.0667 e. The Morgan fingerprint density at radius 2 is 1.94 bits per heavy atom. The number of allylic oxidation sites excluding steroid dienone is 1. The number of β-amino-alcohol motifs (C(OH)–C–C–N with tert-alkyl or cyclic N) is 1. The van der Waals surface area contributed by atoms with Gasteiger partial charge in [0.2, 0.25) is 0 Å². The predicted octanol–water partition coefficient (Wildman–Crippen LogP) is 1.87. The molecular weight excluding hydrogens is 224 g/mol. The zero-order chi connectivity index (χ0) is 13.0. The SMILES string of the molecule is C/C=C(\C)CN1CCC(N2CCCC(O)C2)CC1. The third-order valence-electron chi connectivity index (χ3n) is 4.47. The van der Waals surface area contributed by atoms with E-state index < -0.39 is 0 Å². The van der Waals surface area contributed by atoms with Gasteiger partial charge < -0.3 is 5.11 Å². The Bertz CT molecular complexity index is 282. The number of hydrogen-bond donors (Lipinski definition) is 1. The molecule has 0 bridgehead atoms. The van der Waals surface area contributed by atoms with Crippen molar-refractivity contribution in [3.05, 3.63) is 11.6 Å². The number of aliphatic hydroxyl groups is 1. The molecule has 18 heavy (non-hydrogen) atoms. The highest BCUT2D eigenvalue weighted by atomic mass is 16.3. The quantitative estimate of drug-likeness (QED) is 0.777. The summed E-state index contributed by atoms with van der Waals surface area (Å²) in [5, 5.41) is 9.75. The number of hydrogen-bond acceptors (Lipinski definition) is 3. The van der Waals surface area contributed by atoms with Crippen LogP contribution < -0.4 is 0 Å². The Kier molecular flexibility index (Phi) is 5.22. The number of aliphatic hydroxyl groups excluding tert-OH is 1. The summed E-state index contributed by atoms with van der Waals surface area (Å²) in [6.45, 7) is 9.98. The molecule has 0 aromatic rings. The Balaban J connectivity index is 1.76. The van der Waals surface area contributed by atoms with Crippen molar-refractivity contribution in [2.75, 3.05) is 32.7 Å². The summed E-state index contributed by atoms with van der Waals surface area (Å²) in [5.41, 5.74) is 1.47. The van der Waals surface area contributed by atoms with E-state index in [0.29, 0.717) is 6.04 Å². The molecule has 0 aromatic carbocycles. The lowest BCUT2D eigenvalue weighted by atomic mass is 9.98. The summed E-state index contributed by atoms with van der Waals surface area (Å²) in [6.07, 6.45) is 6.83. The maximum atomic E-state index is 9.75. The van der Waals surface area contributed by atoms with Gasteiger partial charge in [0.15, 0.2) is 0 Å². The molecule has 2 aliphatic rings. The minimum atomic E-state index is -0.0814. The molecule has 0 amide bonds. The summed E-state index contributed by atoms with van der Waals surface area (Å²) in [4.78, 5) is 5.08. The zero-order valence-electron chi connectivity index (χ0n) is 11.9. The Morgan fingerprint density at radius 3 is 2.56 bits per heavy atom. The molecule has 1 atom stereocenters. The predicted molar refractivity (Wildman–Crippen MR) is 75.7 cm³/mol. The van der Waals surface area contributed by atoms with Crippen molar-refractivity contribution in [2.45, 2.75) is 51.7 Å². The summed E-state index contributed by atoms with van der Waals surface area (Å²) in [6, 6.07) is 0.710. The molecule has 2 rings (SSSR count). The van der Waals surface area contributed by atoms with E-state index >= 15 is 0 Å². The minimum absolute atomic E-state index is 0.0814. The molecule has 2 saturated heterocycles. The molecule has 3 heteroatoms. The van der Waals surface area contributed by atoms with Crippen LogP contribution in [0.25, 0.3) is 0 Å². The molecule has 0 aliphatic carbocycles. The van der Waals surface area contributed by atoms with E-state index in [1.807, 2.05) is 0 Å². The molecule has 104 valence electrons. The topological polar surface area (TPSA) is 26.7 Å². The molecule has 1 unspecified atom stereocenters. The van der Waals surface area contributed by atoms with Gasteiger partial charge in [-0.2, -0.15) is 0 Å². The molecule has 0 aromatic heterocycles. The van der Waals surface area contributed by atoms with Crippen LogP contribution in [-0.4, -0.2) is 59.8 Å². The monoisotopic (exact) mass is 252 g/mol. The van der Waals surface area contributed by atoms with Crippen molar-refractivity contribution in [1.82, 2.24) is 9.80 Å². The second kappa shape index (κ2) is 6.69. The number of rotatable bonds is 3. The van der Waals surface area contributed by atoms with Gasteiger partial charge in [0.1, 0.15) is 0 Å². The third kappa shape index (κ3) is 3.81. The van der Waals surface area contributed by atoms with Gasteiger partial charge in [0.25, 0.3) is 0 Å². The third-order valence-corrected chi connectivity index (χ3v) is 4.47. The van der Waals surface area contributed by atoms with Crippen molar-refractivity contribution in [3.63, 3.8) is 0 Å². The van der Waals surface area contributed by atoms with E-state index in [1.54, 1.807) is 0 Å². The Labute approximate surface area is 111 Å². The average molecular weight is 252 g/mol. The first-order valence-electron chi connectivity index (χ1n) is 7.45. The summed E-state index contributed by atoms with van der Waals surface area (Å²) in [7, 11) is 0. The normalized spacial score (nSPS) is 29.7. The van der Waals surface area contributed by atoms with Crippen LogP contribution in [-0.2, 0) is 0 Å². The van der Waals surface area contributed by atoms with Gasteiger partial charge in [-0.1, -0.05) is 11.6 Å². The first-order valence-corrected chi connectivity index (χ1v) is 7.45. The van der Waals surface area contributed by atoms with Gasteiger partial charge in [-0.3, -0.25) is 9.80 Å². The standard InChI is InChI=1S/C15H28N2O/c1-3-13(2)11-16-9-6-14(7-10-16)17-8-4-5-15(18)12-17/h3,14-15,18H,4-12H2,1-2H3/b13-3+. The highest BCUT2D eigenvalue weighted by molar-refractivity contribution is 4.99. The Morgan fingerprint density at radius 1 is 1.22 bits per heavy atom. The van der Waals surface area contributed by atoms with Crippen LogP contribution in [0.15, 0.2) is 11.6 Å². The fraction of sp³-hybridized carbons (Fsp3) is 0.867. The maximum Gasteiger partial charge on any atom is 0.0667 e. The van der Waals surface area contributed by atoms with E-state index in [1.165, 1.54) is 44.5 Å². The van der Waals surface area contributed by atoms with Crippen LogP contribution in [0, 0.1) is 0 Å². The Hall–Kier alpha value is -0.380. The van der Waals surface area contributed by atoms with Gasteiger partial charge in [0.05, 0.1) is 6.10 Å². The second-order valence-corrected chi connectivity index (χ2v) is 5.93. The van der Waals surface area contributed by atoms with Crippen LogP contribution in [0.4, 0.5) is 0 Å². The van der Waals surface area contributed by atoms with Crippen molar-refractivity contribution < 1.29 is 5.11 Å². The largest absolute Gasteiger partial charge is 0.392 e. The fourth-order valence-corrected chi connectivity index (χ4v) is 3.20. The number of piperidine rings is 2. The molecular formula is C15H28N2O. The van der Waals surface area contributed by atoms with E-state index in [-0.39, 0.29) is 6.10 Å². The molecule has 2 fully saturated rings. The van der Waals surface area contributed by atoms with Crippen LogP contribution in [0.1, 0.15) is 39.5 Å². The molecule has 1 N–H and O–H groups in total. The lowest BCUT2D eigenvalue weighted by Gasteiger charge is -2.41. The molecule has 0 spiro atoms. The summed E-state index contributed by atoms with van der Waals surface area (Å²) >= 11 is 0. The lowest BCUT2D eigenvalue weighted by Crippen LogP contribution is -2.49. The van der Waals surface area contributed by atoms with Gasteiger partial charge in [-0.05, 0) is 59.2 Å². The number of nitrogens with zero attached hydrogens (tertiary/aromatic N) is 2. The number of likely N-dealkylation sites (tertiary alicyclic amines) is 2. The van der Waals surface area contributed by atoms with Crippen molar-refractivity contribution in [3.8, 4) is 0 Å². The highest BCUT2D eigenvalue weighted by Crippen LogP contribution is 2.21. The average Bonchev–Trinajstić information content (AvgIpc) is 2.39. The first-order chi connectivity index (χ1) is 8.69. The summed E-state index contributed by atoms with van der Waals surface area (Å²) in [5.74, 6) is 0. The highest BCUT2D eigenvalue weighted by Gasteiger charge is 2.27. The van der Waals surface area contributed by atoms with Crippen molar-refractivity contribution in [2.24, 2.45) is 0 Å². The first kappa shape index (κ1) is 14.0. The zero-order valence-corrected chi connectivity index (χ0v) is 11.9. The van der Waals surface area contributed by atoms with E-state index in [2.05, 4.69) is 29.7 Å². The van der Waals surface area contributed by atoms with Gasteiger partial charge in [-0.25, -0.2) is 0 Å². The summed E-state index contributed by atoms with van der Waals surface area (Å²) < 4.78 is 0. The fourth-order valence-electron chi connectivity index (χ4n) is 3.20. The lowest BCUT2D eigenvalue weighted by molar-refractivity contribution is 0.0264. The molecule has 3 nitrogen and oxygen atoms in total. The van der Waals surface area contributed by atoms with Gasteiger partial charge in [-0.15, -0.1) is 0 Å². The van der Waals surface area contributed by atoms with Crippen LogP contribution in [0.2, 0.25) is 0 Å². The maximum absolute atomic E-state index is 9.75. The van der Waals surface area contributed by atoms with E-state index in [4.69, 9.17) is 0 Å². The van der Waals surface area contributed by atoms with E-state index in [9.17, 15) is 5.11 Å². The molecule has 2 heterocycles. The van der Waals surface area contributed by atoms with E-state index in [0.717, 1.165) is 19.5 Å². The molecule has 2 aliphatic heterocycles. The second-order valence-electron chi connectivity index (χ2n) is 5.93. The van der Waals surface area contributed by atoms with Crippen LogP contribution in [0.5, 0.6) is 0 Å². The van der Waals surface area contributed by atoms with Gasteiger partial charge in [0, 0.05) is 19.1 Å². The van der Waals surface area contributed by atoms with Gasteiger partial charge >= 0.3 is 0 Å². The van der Waals surface area contributed by atoms with Crippen LogP contribution in [0.3, 0.4) is 0 Å². The van der Waals surface area contributed by atoms with Crippen molar-refractivity contribution in [1.29, 1.82) is 0 Å². The van der Waals surface area contributed by atoms with Crippen molar-refractivity contribution >= 4 is 0 Å². The minimum Gasteiger partial charge on any atom is -0.392 e. The molecule has 0 radical (unpaired) electrons. The molecule has 0 saturated carbocycles. The van der Waals surface area contributed by atoms with Crippen LogP contribution >= 0.6 is 0 Å².